The first-order valence-corrected chi connectivity index (χ1v) is 9.91. The van der Waals surface area contributed by atoms with Gasteiger partial charge in [0.25, 0.3) is 5.91 Å². The number of hydrogen-bond acceptors (Lipinski definition) is 5. The number of carbonyl (C=O) groups excluding carboxylic acids is 2. The predicted molar refractivity (Wildman–Crippen MR) is 110 cm³/mol. The van der Waals surface area contributed by atoms with Crippen molar-refractivity contribution in [2.45, 2.75) is 18.1 Å². The second-order valence-electron chi connectivity index (χ2n) is 7.74. The zero-order chi connectivity index (χ0) is 20.7. The van der Waals surface area contributed by atoms with Crippen molar-refractivity contribution in [1.29, 1.82) is 0 Å². The highest BCUT2D eigenvalue weighted by molar-refractivity contribution is 6.03. The second kappa shape index (κ2) is 7.11. The van der Waals surface area contributed by atoms with Gasteiger partial charge in [-0.15, -0.1) is 0 Å². The van der Waals surface area contributed by atoms with Crippen molar-refractivity contribution in [3.63, 3.8) is 0 Å². The first-order valence-electron chi connectivity index (χ1n) is 9.91. The van der Waals surface area contributed by atoms with Gasteiger partial charge in [0, 0.05) is 36.3 Å². The van der Waals surface area contributed by atoms with Crippen molar-refractivity contribution in [2.75, 3.05) is 19.7 Å². The predicted octanol–water partition coefficient (Wildman–Crippen LogP) is 2.20. The molecule has 1 aromatic heterocycles. The number of benzene rings is 2. The molecule has 0 bridgehead atoms. The number of nitrogens with zero attached hydrogens (tertiary/aromatic N) is 2. The molecule has 30 heavy (non-hydrogen) atoms. The number of piperidine rings is 1. The van der Waals surface area contributed by atoms with Crippen molar-refractivity contribution in [2.24, 2.45) is 0 Å². The molecule has 2 N–H and O–H groups in total. The summed E-state index contributed by atoms with van der Waals surface area (Å²) in [6.45, 7) is 0.721. The summed E-state index contributed by atoms with van der Waals surface area (Å²) in [5.74, 6) is -0.457. The first-order chi connectivity index (χ1) is 14.6. The van der Waals surface area contributed by atoms with E-state index in [1.807, 2.05) is 30.3 Å². The third-order valence-corrected chi connectivity index (χ3v) is 6.09. The quantitative estimate of drug-likeness (QED) is 0.685. The number of phenols is 1. The molecule has 2 fully saturated rings. The van der Waals surface area contributed by atoms with Crippen LogP contribution in [-0.2, 0) is 15.1 Å². The molecule has 7 nitrogen and oxygen atoms in total. The van der Waals surface area contributed by atoms with E-state index < -0.39 is 5.54 Å². The molecule has 3 aromatic rings. The van der Waals surface area contributed by atoms with Gasteiger partial charge in [0.1, 0.15) is 18.5 Å². The van der Waals surface area contributed by atoms with Gasteiger partial charge in [-0.2, -0.15) is 0 Å². The van der Waals surface area contributed by atoms with Crippen LogP contribution in [0.1, 0.15) is 22.3 Å². The number of fused-ring (bicyclic) bond motifs is 2. The number of carbonyl (C=O) groups is 2. The van der Waals surface area contributed by atoms with Crippen molar-refractivity contribution in [3.8, 4) is 5.75 Å². The number of hydrogen-bond donors (Lipinski definition) is 2. The number of aromatic nitrogens is 1. The maximum absolute atomic E-state index is 13.3. The molecule has 2 aliphatic rings. The lowest BCUT2D eigenvalue weighted by atomic mass is 9.77. The normalized spacial score (nSPS) is 23.7. The van der Waals surface area contributed by atoms with E-state index in [4.69, 9.17) is 4.74 Å². The molecule has 0 radical (unpaired) electrons. The lowest BCUT2D eigenvalue weighted by Gasteiger charge is -2.50. The minimum atomic E-state index is -0.662. The number of likely N-dealkylation sites (tertiary alicyclic amines) is 1. The summed E-state index contributed by atoms with van der Waals surface area (Å²) in [6, 6.07) is 14.8. The summed E-state index contributed by atoms with van der Waals surface area (Å²) in [7, 11) is 0. The molecule has 2 amide bonds. The molecule has 2 aromatic carbocycles. The van der Waals surface area contributed by atoms with E-state index in [1.54, 1.807) is 35.5 Å². The van der Waals surface area contributed by atoms with E-state index in [9.17, 15) is 14.7 Å². The molecule has 2 saturated heterocycles. The van der Waals surface area contributed by atoms with Crippen LogP contribution >= 0.6 is 0 Å². The van der Waals surface area contributed by atoms with Gasteiger partial charge in [0.15, 0.2) is 0 Å². The van der Waals surface area contributed by atoms with Crippen molar-refractivity contribution < 1.29 is 19.4 Å². The van der Waals surface area contributed by atoms with Crippen molar-refractivity contribution in [1.82, 2.24) is 15.2 Å². The van der Waals surface area contributed by atoms with Crippen LogP contribution in [0.15, 0.2) is 60.9 Å². The number of morpholine rings is 1. The van der Waals surface area contributed by atoms with Crippen LogP contribution in [0.2, 0.25) is 0 Å². The number of amides is 2. The Morgan fingerprint density at radius 1 is 1.20 bits per heavy atom. The number of ether oxygens (including phenoxy) is 1. The van der Waals surface area contributed by atoms with Crippen LogP contribution in [0.5, 0.6) is 5.75 Å². The lowest BCUT2D eigenvalue weighted by molar-refractivity contribution is -0.150. The Hall–Kier alpha value is -3.45. The first kappa shape index (κ1) is 18.6. The Balaban J connectivity index is 1.46. The summed E-state index contributed by atoms with van der Waals surface area (Å²) < 4.78 is 5.89. The molecule has 0 aliphatic carbocycles. The van der Waals surface area contributed by atoms with E-state index in [1.165, 1.54) is 0 Å². The number of nitrogens with one attached hydrogen (secondary N) is 1. The number of phenolic OH excluding ortho intramolecular Hbond substituents is 1. The average Bonchev–Trinajstić information content (AvgIpc) is 2.79. The molecule has 2 atom stereocenters. The van der Waals surface area contributed by atoms with Crippen LogP contribution in [0, 0.1) is 0 Å². The molecule has 3 heterocycles. The van der Waals surface area contributed by atoms with Gasteiger partial charge in [-0.05, 0) is 24.1 Å². The highest BCUT2D eigenvalue weighted by Gasteiger charge is 2.50. The molecule has 0 unspecified atom stereocenters. The van der Waals surface area contributed by atoms with Gasteiger partial charge < -0.3 is 20.1 Å². The van der Waals surface area contributed by atoms with Crippen LogP contribution < -0.4 is 5.32 Å². The third-order valence-electron chi connectivity index (χ3n) is 6.09. The largest absolute Gasteiger partial charge is 0.506 e. The van der Waals surface area contributed by atoms with E-state index in [0.717, 1.165) is 10.9 Å². The van der Waals surface area contributed by atoms with Gasteiger partial charge in [-0.25, -0.2) is 0 Å². The molecule has 152 valence electrons. The van der Waals surface area contributed by atoms with Gasteiger partial charge in [-0.3, -0.25) is 14.6 Å². The summed E-state index contributed by atoms with van der Waals surface area (Å²) >= 11 is 0. The maximum atomic E-state index is 13.3. The highest BCUT2D eigenvalue weighted by atomic mass is 16.5. The highest BCUT2D eigenvalue weighted by Crippen LogP contribution is 2.38. The summed E-state index contributed by atoms with van der Waals surface area (Å²) in [5, 5.41) is 15.2. The summed E-state index contributed by atoms with van der Waals surface area (Å²) in [5.41, 5.74) is 0.557. The lowest BCUT2D eigenvalue weighted by Crippen LogP contribution is -2.67. The summed E-state index contributed by atoms with van der Waals surface area (Å²) in [4.78, 5) is 31.1. The van der Waals surface area contributed by atoms with E-state index in [-0.39, 0.29) is 35.8 Å². The Kier molecular flexibility index (Phi) is 4.40. The molecule has 0 spiro atoms. The fourth-order valence-electron chi connectivity index (χ4n) is 4.54. The van der Waals surface area contributed by atoms with Gasteiger partial charge in [-0.1, -0.05) is 36.4 Å². The zero-order valence-corrected chi connectivity index (χ0v) is 16.2. The molecule has 2 aliphatic heterocycles. The van der Waals surface area contributed by atoms with E-state index in [2.05, 4.69) is 10.3 Å². The monoisotopic (exact) mass is 403 g/mol. The fourth-order valence-corrected chi connectivity index (χ4v) is 4.54. The van der Waals surface area contributed by atoms with Crippen molar-refractivity contribution in [3.05, 3.63) is 72.1 Å². The number of pyridine rings is 1. The van der Waals surface area contributed by atoms with Crippen LogP contribution in [0.4, 0.5) is 0 Å². The zero-order valence-electron chi connectivity index (χ0n) is 16.2. The molecule has 7 heteroatoms. The SMILES string of the molecule is O=C1CO[C@@H]2CN(C(=O)c3ccc4cnccc4c3O)CC[C@@]2(c2ccccc2)N1. The van der Waals surface area contributed by atoms with Crippen molar-refractivity contribution >= 4 is 22.6 Å². The minimum Gasteiger partial charge on any atom is -0.506 e. The van der Waals surface area contributed by atoms with Gasteiger partial charge >= 0.3 is 0 Å². The van der Waals surface area contributed by atoms with Crippen LogP contribution in [-0.4, -0.2) is 52.6 Å². The average molecular weight is 403 g/mol. The topological polar surface area (TPSA) is 91.8 Å². The third kappa shape index (κ3) is 2.90. The fraction of sp³-hybridized carbons (Fsp3) is 0.261. The number of aromatic hydroxyl groups is 1. The molecule has 0 saturated carbocycles. The minimum absolute atomic E-state index is 0.0322. The Morgan fingerprint density at radius 2 is 2.03 bits per heavy atom. The van der Waals surface area contributed by atoms with Crippen LogP contribution in [0.3, 0.4) is 0 Å². The van der Waals surface area contributed by atoms with Crippen LogP contribution in [0.25, 0.3) is 10.8 Å². The Bertz CT molecular complexity index is 1130. The Labute approximate surface area is 173 Å². The standard InChI is InChI=1S/C23H21N3O4/c27-20-14-30-19-13-26(11-9-23(19,25-20)16-4-2-1-3-5-16)22(29)18-7-6-15-12-24-10-8-17(15)21(18)28/h1-8,10,12,19,28H,9,11,13-14H2,(H,25,27)/t19-,23+/m1/s1. The van der Waals surface area contributed by atoms with Gasteiger partial charge in [0.2, 0.25) is 5.91 Å². The molecular formula is C23H21N3O4. The number of rotatable bonds is 2. The molecular weight excluding hydrogens is 382 g/mol. The van der Waals surface area contributed by atoms with E-state index in [0.29, 0.717) is 24.9 Å². The maximum Gasteiger partial charge on any atom is 0.257 e. The second-order valence-corrected chi connectivity index (χ2v) is 7.74. The smallest absolute Gasteiger partial charge is 0.257 e. The Morgan fingerprint density at radius 3 is 2.87 bits per heavy atom. The summed E-state index contributed by atoms with van der Waals surface area (Å²) in [6.07, 6.45) is 3.39. The molecule has 5 rings (SSSR count). The van der Waals surface area contributed by atoms with Gasteiger partial charge in [0.05, 0.1) is 11.1 Å². The van der Waals surface area contributed by atoms with E-state index >= 15 is 0 Å².